The van der Waals surface area contributed by atoms with E-state index in [0.29, 0.717) is 38.4 Å². The molecule has 0 saturated carbocycles. The minimum Gasteiger partial charge on any atom is -0.463 e. The predicted octanol–water partition coefficient (Wildman–Crippen LogP) is 3.43. The highest BCUT2D eigenvalue weighted by molar-refractivity contribution is 5.89. The number of hydrogen-bond donors (Lipinski definition) is 1. The van der Waals surface area contributed by atoms with Crippen LogP contribution in [0.25, 0.3) is 0 Å². The fourth-order valence-corrected chi connectivity index (χ4v) is 2.22. The standard InChI is InChI=1S/C21H33NO6/c1-3-5-11-22-19-9-7-18(8-10-19)21(24)28-17-15-26-13-12-25-14-16-27-20(23)6-4-2/h7-10,22H,3-6,11-17H2,1-2H3. The summed E-state index contributed by atoms with van der Waals surface area (Å²) < 4.78 is 20.8. The van der Waals surface area contributed by atoms with Gasteiger partial charge in [-0.15, -0.1) is 0 Å². The molecule has 7 nitrogen and oxygen atoms in total. The molecule has 158 valence electrons. The third kappa shape index (κ3) is 11.6. The maximum Gasteiger partial charge on any atom is 0.338 e. The third-order valence-corrected chi connectivity index (χ3v) is 3.76. The fourth-order valence-electron chi connectivity index (χ4n) is 2.22. The van der Waals surface area contributed by atoms with E-state index in [0.717, 1.165) is 31.5 Å². The minimum absolute atomic E-state index is 0.184. The topological polar surface area (TPSA) is 83.1 Å². The van der Waals surface area contributed by atoms with Crippen LogP contribution in [0.15, 0.2) is 24.3 Å². The average molecular weight is 395 g/mol. The Labute approximate surface area is 167 Å². The maximum atomic E-state index is 12.0. The average Bonchev–Trinajstić information content (AvgIpc) is 2.70. The Morgan fingerprint density at radius 1 is 0.821 bits per heavy atom. The summed E-state index contributed by atoms with van der Waals surface area (Å²) in [6.45, 7) is 6.86. The first-order chi connectivity index (χ1) is 13.7. The van der Waals surface area contributed by atoms with Crippen LogP contribution in [0.4, 0.5) is 5.69 Å². The second kappa shape index (κ2) is 15.9. The molecule has 0 bridgehead atoms. The van der Waals surface area contributed by atoms with Crippen LogP contribution in [0.5, 0.6) is 0 Å². The Morgan fingerprint density at radius 3 is 2.04 bits per heavy atom. The van der Waals surface area contributed by atoms with E-state index >= 15 is 0 Å². The van der Waals surface area contributed by atoms with Crippen molar-refractivity contribution in [1.82, 2.24) is 0 Å². The van der Waals surface area contributed by atoms with Crippen molar-refractivity contribution in [2.75, 3.05) is 51.5 Å². The molecule has 1 aromatic rings. The first-order valence-corrected chi connectivity index (χ1v) is 9.99. The minimum atomic E-state index is -0.367. The highest BCUT2D eigenvalue weighted by Crippen LogP contribution is 2.10. The van der Waals surface area contributed by atoms with E-state index in [1.165, 1.54) is 0 Å². The van der Waals surface area contributed by atoms with Crippen molar-refractivity contribution in [2.45, 2.75) is 39.5 Å². The van der Waals surface area contributed by atoms with Crippen LogP contribution in [-0.2, 0) is 23.7 Å². The third-order valence-electron chi connectivity index (χ3n) is 3.76. The molecule has 0 radical (unpaired) electrons. The van der Waals surface area contributed by atoms with Crippen LogP contribution in [-0.4, -0.2) is 58.1 Å². The van der Waals surface area contributed by atoms with E-state index < -0.39 is 0 Å². The van der Waals surface area contributed by atoms with Gasteiger partial charge >= 0.3 is 11.9 Å². The van der Waals surface area contributed by atoms with Crippen molar-refractivity contribution >= 4 is 17.6 Å². The van der Waals surface area contributed by atoms with Crippen molar-refractivity contribution < 1.29 is 28.5 Å². The zero-order chi connectivity index (χ0) is 20.5. The summed E-state index contributed by atoms with van der Waals surface area (Å²) >= 11 is 0. The van der Waals surface area contributed by atoms with Gasteiger partial charge in [-0.2, -0.15) is 0 Å². The van der Waals surface area contributed by atoms with E-state index in [2.05, 4.69) is 12.2 Å². The molecule has 0 aromatic heterocycles. The first kappa shape index (κ1) is 23.9. The van der Waals surface area contributed by atoms with Crippen molar-refractivity contribution in [3.05, 3.63) is 29.8 Å². The molecule has 1 rings (SSSR count). The van der Waals surface area contributed by atoms with Crippen molar-refractivity contribution in [3.8, 4) is 0 Å². The molecule has 0 aliphatic rings. The lowest BCUT2D eigenvalue weighted by atomic mass is 10.2. The second-order valence-corrected chi connectivity index (χ2v) is 6.19. The van der Waals surface area contributed by atoms with E-state index in [4.69, 9.17) is 18.9 Å². The summed E-state index contributed by atoms with van der Waals surface area (Å²) in [5, 5.41) is 3.30. The summed E-state index contributed by atoms with van der Waals surface area (Å²) in [5.41, 5.74) is 1.51. The van der Waals surface area contributed by atoms with Gasteiger partial charge in [-0.05, 0) is 37.1 Å². The number of rotatable bonds is 16. The van der Waals surface area contributed by atoms with Gasteiger partial charge in [0.25, 0.3) is 0 Å². The normalized spacial score (nSPS) is 10.5. The molecule has 0 amide bonds. The van der Waals surface area contributed by atoms with Gasteiger partial charge in [-0.3, -0.25) is 4.79 Å². The van der Waals surface area contributed by atoms with Gasteiger partial charge in [-0.25, -0.2) is 4.79 Å². The highest BCUT2D eigenvalue weighted by Gasteiger charge is 2.06. The number of nitrogens with one attached hydrogen (secondary N) is 1. The molecular formula is C21H33NO6. The van der Waals surface area contributed by atoms with Crippen LogP contribution in [0, 0.1) is 0 Å². The fraction of sp³-hybridized carbons (Fsp3) is 0.619. The van der Waals surface area contributed by atoms with Crippen molar-refractivity contribution in [1.29, 1.82) is 0 Å². The molecule has 0 heterocycles. The number of carbonyl (C=O) groups excluding carboxylic acids is 2. The van der Waals surface area contributed by atoms with Gasteiger partial charge in [-0.1, -0.05) is 20.3 Å². The lowest BCUT2D eigenvalue weighted by Gasteiger charge is -2.08. The zero-order valence-electron chi connectivity index (χ0n) is 17.0. The summed E-state index contributed by atoms with van der Waals surface area (Å²) in [4.78, 5) is 23.1. The number of anilines is 1. The lowest BCUT2D eigenvalue weighted by Crippen LogP contribution is -2.15. The molecule has 0 saturated heterocycles. The predicted molar refractivity (Wildman–Crippen MR) is 108 cm³/mol. The van der Waals surface area contributed by atoms with Crippen molar-refractivity contribution in [3.63, 3.8) is 0 Å². The monoisotopic (exact) mass is 395 g/mol. The molecule has 0 spiro atoms. The number of carbonyl (C=O) groups is 2. The molecule has 0 unspecified atom stereocenters. The summed E-state index contributed by atoms with van der Waals surface area (Å²) in [6, 6.07) is 7.25. The van der Waals surface area contributed by atoms with Gasteiger partial charge in [0.2, 0.25) is 0 Å². The molecule has 7 heteroatoms. The maximum absolute atomic E-state index is 12.0. The molecule has 1 N–H and O–H groups in total. The second-order valence-electron chi connectivity index (χ2n) is 6.19. The smallest absolute Gasteiger partial charge is 0.338 e. The van der Waals surface area contributed by atoms with Crippen LogP contribution in [0.1, 0.15) is 49.9 Å². The molecule has 28 heavy (non-hydrogen) atoms. The van der Waals surface area contributed by atoms with Crippen LogP contribution in [0.2, 0.25) is 0 Å². The Morgan fingerprint density at radius 2 is 1.43 bits per heavy atom. The van der Waals surface area contributed by atoms with Crippen LogP contribution < -0.4 is 5.32 Å². The molecule has 0 aliphatic heterocycles. The summed E-state index contributed by atoms with van der Waals surface area (Å²) in [5.74, 6) is -0.569. The van der Waals surface area contributed by atoms with E-state index in [9.17, 15) is 9.59 Å². The summed E-state index contributed by atoms with van der Waals surface area (Å²) in [6.07, 6.45) is 3.46. The Hall–Kier alpha value is -2.12. The van der Waals surface area contributed by atoms with Gasteiger partial charge in [0, 0.05) is 18.7 Å². The molecule has 0 aliphatic carbocycles. The molecular weight excluding hydrogens is 362 g/mol. The van der Waals surface area contributed by atoms with Gasteiger partial charge in [0.05, 0.1) is 32.0 Å². The molecule has 0 fully saturated rings. The van der Waals surface area contributed by atoms with E-state index in [1.807, 2.05) is 19.1 Å². The Balaban J connectivity index is 2.01. The Bertz CT molecular complexity index is 546. The quantitative estimate of drug-likeness (QED) is 0.339. The molecule has 0 atom stereocenters. The number of hydrogen-bond acceptors (Lipinski definition) is 7. The van der Waals surface area contributed by atoms with Crippen LogP contribution in [0.3, 0.4) is 0 Å². The van der Waals surface area contributed by atoms with E-state index in [-0.39, 0.29) is 25.2 Å². The largest absolute Gasteiger partial charge is 0.463 e. The Kier molecular flexibility index (Phi) is 13.6. The SMILES string of the molecule is CCCCNc1ccc(C(=O)OCCOCCOCCOC(=O)CCC)cc1. The number of benzene rings is 1. The number of esters is 2. The first-order valence-electron chi connectivity index (χ1n) is 9.99. The number of ether oxygens (including phenoxy) is 4. The lowest BCUT2D eigenvalue weighted by molar-refractivity contribution is -0.145. The highest BCUT2D eigenvalue weighted by atomic mass is 16.6. The van der Waals surface area contributed by atoms with Gasteiger partial charge < -0.3 is 24.3 Å². The van der Waals surface area contributed by atoms with Gasteiger partial charge in [0.1, 0.15) is 13.2 Å². The summed E-state index contributed by atoms with van der Waals surface area (Å²) in [7, 11) is 0. The number of unbranched alkanes of at least 4 members (excludes halogenated alkanes) is 1. The zero-order valence-corrected chi connectivity index (χ0v) is 17.0. The van der Waals surface area contributed by atoms with Crippen molar-refractivity contribution in [2.24, 2.45) is 0 Å². The van der Waals surface area contributed by atoms with Gasteiger partial charge in [0.15, 0.2) is 0 Å². The van der Waals surface area contributed by atoms with Crippen LogP contribution >= 0.6 is 0 Å². The molecule has 1 aromatic carbocycles. The van der Waals surface area contributed by atoms with E-state index in [1.54, 1.807) is 12.1 Å².